The van der Waals surface area contributed by atoms with Gasteiger partial charge < -0.3 is 9.57 Å². The Morgan fingerprint density at radius 3 is 2.65 bits per heavy atom. The molecule has 0 saturated heterocycles. The van der Waals surface area contributed by atoms with Crippen molar-refractivity contribution in [3.63, 3.8) is 0 Å². The molecule has 0 aromatic rings. The lowest BCUT2D eigenvalue weighted by Gasteiger charge is -2.03. The Kier molecular flexibility index (Phi) is 9.89. The molecule has 17 heavy (non-hydrogen) atoms. The summed E-state index contributed by atoms with van der Waals surface area (Å²) in [5.41, 5.74) is 0. The average Bonchev–Trinajstić information content (AvgIpc) is 2.29. The van der Waals surface area contributed by atoms with Gasteiger partial charge in [0, 0.05) is 6.42 Å². The first-order valence-electron chi connectivity index (χ1n) is 5.71. The molecule has 0 heterocycles. The minimum absolute atomic E-state index is 0.0475. The van der Waals surface area contributed by atoms with Gasteiger partial charge in [-0.2, -0.15) is 0 Å². The maximum absolute atomic E-state index is 11.2. The molecule has 98 valence electrons. The predicted octanol–water partition coefficient (Wildman–Crippen LogP) is 2.26. The van der Waals surface area contributed by atoms with Gasteiger partial charge in [0.25, 0.3) is 5.09 Å². The van der Waals surface area contributed by atoms with Gasteiger partial charge in [-0.25, -0.2) is 0 Å². The zero-order valence-electron chi connectivity index (χ0n) is 10.1. The van der Waals surface area contributed by atoms with E-state index in [9.17, 15) is 14.9 Å². The number of carbonyl (C=O) groups is 1. The van der Waals surface area contributed by atoms with Crippen LogP contribution < -0.4 is 0 Å². The van der Waals surface area contributed by atoms with Gasteiger partial charge in [-0.1, -0.05) is 12.2 Å². The van der Waals surface area contributed by atoms with Crippen LogP contribution in [0.1, 0.15) is 39.0 Å². The van der Waals surface area contributed by atoms with Crippen molar-refractivity contribution in [2.75, 3.05) is 13.2 Å². The van der Waals surface area contributed by atoms with Crippen LogP contribution in [-0.2, 0) is 14.4 Å². The number of ether oxygens (including phenoxy) is 1. The molecule has 6 nitrogen and oxygen atoms in total. The van der Waals surface area contributed by atoms with Crippen LogP contribution in [0.4, 0.5) is 0 Å². The van der Waals surface area contributed by atoms with Crippen molar-refractivity contribution in [3.05, 3.63) is 22.3 Å². The highest BCUT2D eigenvalue weighted by Crippen LogP contribution is 2.00. The maximum atomic E-state index is 11.2. The van der Waals surface area contributed by atoms with Gasteiger partial charge in [0.05, 0.1) is 13.2 Å². The quantitative estimate of drug-likeness (QED) is 0.194. The summed E-state index contributed by atoms with van der Waals surface area (Å²) in [6.07, 6.45) is 7.11. The number of unbranched alkanes of at least 4 members (excludes halogenated alkanes) is 2. The van der Waals surface area contributed by atoms with E-state index in [1.54, 1.807) is 0 Å². The molecule has 0 aromatic carbocycles. The highest BCUT2D eigenvalue weighted by Gasteiger charge is 2.01. The molecule has 0 unspecified atom stereocenters. The molecule has 0 radical (unpaired) electrons. The first-order chi connectivity index (χ1) is 8.16. The predicted molar refractivity (Wildman–Crippen MR) is 61.8 cm³/mol. The fraction of sp³-hybridized carbons (Fsp3) is 0.727. The molecule has 0 fully saturated rings. The Morgan fingerprint density at radius 2 is 2.00 bits per heavy atom. The molecule has 0 amide bonds. The van der Waals surface area contributed by atoms with Crippen LogP contribution >= 0.6 is 0 Å². The lowest BCUT2D eigenvalue weighted by atomic mass is 10.2. The highest BCUT2D eigenvalue weighted by molar-refractivity contribution is 5.69. The van der Waals surface area contributed by atoms with Crippen molar-refractivity contribution in [2.45, 2.75) is 39.0 Å². The van der Waals surface area contributed by atoms with Crippen LogP contribution in [0, 0.1) is 10.1 Å². The zero-order chi connectivity index (χ0) is 12.9. The molecule has 0 aliphatic heterocycles. The largest absolute Gasteiger partial charge is 0.466 e. The summed E-state index contributed by atoms with van der Waals surface area (Å²) in [6.45, 7) is 2.28. The van der Waals surface area contributed by atoms with E-state index in [1.807, 2.05) is 19.1 Å². The normalized spacial score (nSPS) is 10.4. The molecule has 0 aliphatic carbocycles. The summed E-state index contributed by atoms with van der Waals surface area (Å²) in [5.74, 6) is -0.218. The topological polar surface area (TPSA) is 78.7 Å². The second kappa shape index (κ2) is 10.9. The Hall–Kier alpha value is -1.59. The third kappa shape index (κ3) is 12.3. The van der Waals surface area contributed by atoms with E-state index in [-0.39, 0.29) is 12.6 Å². The van der Waals surface area contributed by atoms with E-state index in [4.69, 9.17) is 4.74 Å². The van der Waals surface area contributed by atoms with Crippen molar-refractivity contribution < 1.29 is 19.5 Å². The summed E-state index contributed by atoms with van der Waals surface area (Å²) in [5, 5.41) is 8.98. The fourth-order valence-corrected chi connectivity index (χ4v) is 1.13. The van der Waals surface area contributed by atoms with Crippen LogP contribution in [0.5, 0.6) is 0 Å². The van der Waals surface area contributed by atoms with Crippen LogP contribution in [0.3, 0.4) is 0 Å². The van der Waals surface area contributed by atoms with Crippen molar-refractivity contribution >= 4 is 5.97 Å². The number of esters is 1. The van der Waals surface area contributed by atoms with Gasteiger partial charge in [0.1, 0.15) is 0 Å². The van der Waals surface area contributed by atoms with Crippen LogP contribution in [0.2, 0.25) is 0 Å². The number of nitrogens with zero attached hydrogens (tertiary/aromatic N) is 1. The Bertz CT molecular complexity index is 252. The van der Waals surface area contributed by atoms with Gasteiger partial charge in [-0.15, -0.1) is 10.1 Å². The van der Waals surface area contributed by atoms with Gasteiger partial charge in [-0.05, 0) is 32.6 Å². The minimum atomic E-state index is -0.826. The summed E-state index contributed by atoms with van der Waals surface area (Å²) < 4.78 is 4.94. The molecule has 0 aromatic heterocycles. The number of hydrogen-bond donors (Lipinski definition) is 0. The number of hydrogen-bond acceptors (Lipinski definition) is 5. The standard InChI is InChI=1S/C11H19NO5/c1-2-3-4-5-8-11(13)16-9-6-7-10-17-12(14)15/h2-3H,4-10H2,1H3/b3-2-. The van der Waals surface area contributed by atoms with E-state index in [2.05, 4.69) is 4.84 Å². The molecule has 6 heteroatoms. The van der Waals surface area contributed by atoms with Crippen LogP contribution in [0.15, 0.2) is 12.2 Å². The first-order valence-corrected chi connectivity index (χ1v) is 5.71. The van der Waals surface area contributed by atoms with E-state index in [0.717, 1.165) is 12.8 Å². The average molecular weight is 245 g/mol. The number of carbonyl (C=O) groups excluding carboxylic acids is 1. The summed E-state index contributed by atoms with van der Waals surface area (Å²) in [4.78, 5) is 25.1. The van der Waals surface area contributed by atoms with Gasteiger partial charge in [0.2, 0.25) is 0 Å². The SMILES string of the molecule is C/C=C\CCCC(=O)OCCCCO[N+](=O)[O-]. The lowest BCUT2D eigenvalue weighted by Crippen LogP contribution is -2.07. The smallest absolute Gasteiger partial charge is 0.305 e. The molecule has 0 rings (SSSR count). The highest BCUT2D eigenvalue weighted by atomic mass is 16.9. The molecule has 0 spiro atoms. The Morgan fingerprint density at radius 1 is 1.29 bits per heavy atom. The van der Waals surface area contributed by atoms with E-state index < -0.39 is 5.09 Å². The molecule has 0 saturated carbocycles. The second-order valence-corrected chi connectivity index (χ2v) is 3.45. The van der Waals surface area contributed by atoms with Gasteiger partial charge in [0.15, 0.2) is 0 Å². The molecule has 0 bridgehead atoms. The molecule has 0 atom stereocenters. The Balaban J connectivity index is 3.24. The summed E-state index contributed by atoms with van der Waals surface area (Å²) in [7, 11) is 0. The Labute approximate surface area is 101 Å². The van der Waals surface area contributed by atoms with Crippen molar-refractivity contribution in [2.24, 2.45) is 0 Å². The maximum Gasteiger partial charge on any atom is 0.305 e. The van der Waals surface area contributed by atoms with Crippen molar-refractivity contribution in [1.29, 1.82) is 0 Å². The van der Waals surface area contributed by atoms with Crippen LogP contribution in [0.25, 0.3) is 0 Å². The molecule has 0 N–H and O–H groups in total. The summed E-state index contributed by atoms with van der Waals surface area (Å²) in [6, 6.07) is 0. The number of allylic oxidation sites excluding steroid dienone is 2. The van der Waals surface area contributed by atoms with E-state index in [0.29, 0.717) is 25.9 Å². The zero-order valence-corrected chi connectivity index (χ0v) is 10.1. The van der Waals surface area contributed by atoms with Crippen molar-refractivity contribution in [3.8, 4) is 0 Å². The van der Waals surface area contributed by atoms with E-state index in [1.165, 1.54) is 0 Å². The summed E-state index contributed by atoms with van der Waals surface area (Å²) >= 11 is 0. The van der Waals surface area contributed by atoms with E-state index >= 15 is 0 Å². The lowest BCUT2D eigenvalue weighted by molar-refractivity contribution is -0.757. The molecular formula is C11H19NO5. The third-order valence-corrected chi connectivity index (χ3v) is 1.99. The molecule has 0 aliphatic rings. The minimum Gasteiger partial charge on any atom is -0.466 e. The second-order valence-electron chi connectivity index (χ2n) is 3.45. The first kappa shape index (κ1) is 15.4. The van der Waals surface area contributed by atoms with Gasteiger partial charge >= 0.3 is 5.97 Å². The fourth-order valence-electron chi connectivity index (χ4n) is 1.13. The number of rotatable bonds is 10. The third-order valence-electron chi connectivity index (χ3n) is 1.99. The van der Waals surface area contributed by atoms with Crippen LogP contribution in [-0.4, -0.2) is 24.3 Å². The monoisotopic (exact) mass is 245 g/mol. The van der Waals surface area contributed by atoms with Crippen molar-refractivity contribution in [1.82, 2.24) is 0 Å². The molecular weight excluding hydrogens is 226 g/mol. The van der Waals surface area contributed by atoms with Gasteiger partial charge in [-0.3, -0.25) is 4.79 Å².